The molecule has 19 heavy (non-hydrogen) atoms. The SMILES string of the molecule is CCC(NCCN=[N+]=[N-])(C(=O)O)c1cccc(F)c1. The van der Waals surface area contributed by atoms with Crippen LogP contribution in [0.15, 0.2) is 29.4 Å². The summed E-state index contributed by atoms with van der Waals surface area (Å²) in [6, 6.07) is 5.47. The molecule has 0 saturated carbocycles. The summed E-state index contributed by atoms with van der Waals surface area (Å²) < 4.78 is 13.3. The Balaban J connectivity index is 3.04. The van der Waals surface area contributed by atoms with Crippen LogP contribution in [0.4, 0.5) is 4.39 Å². The smallest absolute Gasteiger partial charge is 0.328 e. The Morgan fingerprint density at radius 2 is 2.37 bits per heavy atom. The lowest BCUT2D eigenvalue weighted by Crippen LogP contribution is -2.49. The molecule has 1 rings (SSSR count). The third-order valence-corrected chi connectivity index (χ3v) is 2.91. The van der Waals surface area contributed by atoms with E-state index >= 15 is 0 Å². The fraction of sp³-hybridized carbons (Fsp3) is 0.417. The standard InChI is InChI=1S/C12H15FN4O2/c1-2-12(11(18)19,15-6-7-16-17-14)9-4-3-5-10(13)8-9/h3-5,8,15H,2,6-7H2,1H3,(H,18,19). The molecule has 0 aliphatic carbocycles. The molecule has 0 heterocycles. The van der Waals surface area contributed by atoms with E-state index in [1.165, 1.54) is 18.2 Å². The number of hydrogen-bond acceptors (Lipinski definition) is 3. The van der Waals surface area contributed by atoms with Crippen LogP contribution in [0.25, 0.3) is 10.4 Å². The number of nitrogens with zero attached hydrogens (tertiary/aromatic N) is 3. The number of carboxylic acids is 1. The number of nitrogens with one attached hydrogen (secondary N) is 1. The van der Waals surface area contributed by atoms with Gasteiger partial charge in [-0.25, -0.2) is 9.18 Å². The van der Waals surface area contributed by atoms with E-state index < -0.39 is 17.3 Å². The number of aliphatic carboxylic acids is 1. The van der Waals surface area contributed by atoms with Gasteiger partial charge < -0.3 is 5.11 Å². The predicted molar refractivity (Wildman–Crippen MR) is 68.0 cm³/mol. The second kappa shape index (κ2) is 6.72. The molecule has 1 aromatic rings. The third-order valence-electron chi connectivity index (χ3n) is 2.91. The van der Waals surface area contributed by atoms with Crippen molar-refractivity contribution in [3.63, 3.8) is 0 Å². The first-order chi connectivity index (χ1) is 9.06. The minimum absolute atomic E-state index is 0.126. The number of carboxylic acid groups (broad SMARTS) is 1. The highest BCUT2D eigenvalue weighted by atomic mass is 19.1. The van der Waals surface area contributed by atoms with Gasteiger partial charge in [-0.1, -0.05) is 24.2 Å². The van der Waals surface area contributed by atoms with E-state index in [0.29, 0.717) is 5.56 Å². The second-order valence-corrected chi connectivity index (χ2v) is 3.96. The zero-order valence-electron chi connectivity index (χ0n) is 10.5. The molecule has 1 unspecified atom stereocenters. The summed E-state index contributed by atoms with van der Waals surface area (Å²) in [4.78, 5) is 14.1. The van der Waals surface area contributed by atoms with Crippen LogP contribution in [0.5, 0.6) is 0 Å². The Kier molecular flexibility index (Phi) is 5.29. The summed E-state index contributed by atoms with van der Waals surface area (Å²) in [6.07, 6.45) is 0.238. The lowest BCUT2D eigenvalue weighted by Gasteiger charge is -2.30. The second-order valence-electron chi connectivity index (χ2n) is 3.96. The van der Waals surface area contributed by atoms with Crippen molar-refractivity contribution >= 4 is 5.97 Å². The fourth-order valence-electron chi connectivity index (χ4n) is 1.90. The lowest BCUT2D eigenvalue weighted by atomic mass is 9.87. The van der Waals surface area contributed by atoms with E-state index in [1.54, 1.807) is 13.0 Å². The summed E-state index contributed by atoms with van der Waals surface area (Å²) in [7, 11) is 0. The van der Waals surface area contributed by atoms with Crippen LogP contribution >= 0.6 is 0 Å². The minimum atomic E-state index is -1.38. The molecule has 0 aliphatic heterocycles. The normalized spacial score (nSPS) is 13.4. The molecule has 0 fully saturated rings. The Hall–Kier alpha value is -2.11. The zero-order chi connectivity index (χ0) is 14.3. The zero-order valence-corrected chi connectivity index (χ0v) is 10.5. The number of carbonyl (C=O) groups is 1. The van der Waals surface area contributed by atoms with Crippen LogP contribution in [0.2, 0.25) is 0 Å². The van der Waals surface area contributed by atoms with Gasteiger partial charge in [-0.15, -0.1) is 0 Å². The van der Waals surface area contributed by atoms with Gasteiger partial charge in [0.2, 0.25) is 0 Å². The third kappa shape index (κ3) is 3.43. The molecule has 0 aromatic heterocycles. The van der Waals surface area contributed by atoms with E-state index in [-0.39, 0.29) is 19.5 Å². The van der Waals surface area contributed by atoms with Gasteiger partial charge in [0.1, 0.15) is 11.4 Å². The molecular formula is C12H15FN4O2. The first-order valence-corrected chi connectivity index (χ1v) is 5.82. The van der Waals surface area contributed by atoms with Crippen LogP contribution in [-0.4, -0.2) is 24.2 Å². The summed E-state index contributed by atoms with van der Waals surface area (Å²) in [5, 5.41) is 15.6. The molecule has 102 valence electrons. The van der Waals surface area contributed by atoms with Gasteiger partial charge >= 0.3 is 5.97 Å². The molecule has 0 spiro atoms. The molecule has 7 heteroatoms. The average molecular weight is 266 g/mol. The molecule has 0 saturated heterocycles. The molecule has 1 atom stereocenters. The van der Waals surface area contributed by atoms with E-state index in [0.717, 1.165) is 0 Å². The van der Waals surface area contributed by atoms with Gasteiger partial charge in [-0.2, -0.15) is 0 Å². The van der Waals surface area contributed by atoms with Crippen molar-refractivity contribution in [1.82, 2.24) is 5.32 Å². The largest absolute Gasteiger partial charge is 0.480 e. The first kappa shape index (κ1) is 14.9. The van der Waals surface area contributed by atoms with Crippen molar-refractivity contribution in [3.05, 3.63) is 46.1 Å². The maximum atomic E-state index is 13.3. The van der Waals surface area contributed by atoms with Crippen molar-refractivity contribution < 1.29 is 14.3 Å². The molecule has 1 aromatic carbocycles. The molecule has 2 N–H and O–H groups in total. The highest BCUT2D eigenvalue weighted by molar-refractivity contribution is 5.80. The molecule has 0 amide bonds. The summed E-state index contributed by atoms with van der Waals surface area (Å²) >= 11 is 0. The Bertz CT molecular complexity index is 502. The fourth-order valence-corrected chi connectivity index (χ4v) is 1.90. The van der Waals surface area contributed by atoms with Crippen LogP contribution in [0, 0.1) is 5.82 Å². The Labute approximate surface area is 109 Å². The highest BCUT2D eigenvalue weighted by Crippen LogP contribution is 2.26. The van der Waals surface area contributed by atoms with Crippen molar-refractivity contribution in [1.29, 1.82) is 0 Å². The Morgan fingerprint density at radius 3 is 2.89 bits per heavy atom. The van der Waals surface area contributed by atoms with Gasteiger partial charge in [0.05, 0.1) is 0 Å². The minimum Gasteiger partial charge on any atom is -0.480 e. The maximum Gasteiger partial charge on any atom is 0.328 e. The lowest BCUT2D eigenvalue weighted by molar-refractivity contribution is -0.145. The summed E-state index contributed by atoms with van der Waals surface area (Å²) in [6.45, 7) is 2.02. The topological polar surface area (TPSA) is 98.1 Å². The number of azide groups is 1. The molecule has 0 bridgehead atoms. The average Bonchev–Trinajstić information content (AvgIpc) is 2.39. The number of halogens is 1. The number of benzene rings is 1. The van der Waals surface area contributed by atoms with Crippen LogP contribution in [-0.2, 0) is 10.3 Å². The number of rotatable bonds is 7. The van der Waals surface area contributed by atoms with Crippen molar-refractivity contribution in [2.75, 3.05) is 13.1 Å². The first-order valence-electron chi connectivity index (χ1n) is 5.82. The van der Waals surface area contributed by atoms with E-state index in [4.69, 9.17) is 5.53 Å². The van der Waals surface area contributed by atoms with Gasteiger partial charge in [0.15, 0.2) is 0 Å². The summed E-state index contributed by atoms with van der Waals surface area (Å²) in [5.74, 6) is -1.59. The van der Waals surface area contributed by atoms with Gasteiger partial charge in [0.25, 0.3) is 0 Å². The number of hydrogen-bond donors (Lipinski definition) is 2. The van der Waals surface area contributed by atoms with E-state index in [9.17, 15) is 14.3 Å². The van der Waals surface area contributed by atoms with E-state index in [2.05, 4.69) is 15.3 Å². The molecular weight excluding hydrogens is 251 g/mol. The maximum absolute atomic E-state index is 13.3. The molecule has 6 nitrogen and oxygen atoms in total. The molecule has 0 aliphatic rings. The van der Waals surface area contributed by atoms with Crippen molar-refractivity contribution in [2.45, 2.75) is 18.9 Å². The van der Waals surface area contributed by atoms with Gasteiger partial charge in [-0.3, -0.25) is 5.32 Å². The quantitative estimate of drug-likeness (QED) is 0.343. The van der Waals surface area contributed by atoms with Crippen LogP contribution in [0.3, 0.4) is 0 Å². The van der Waals surface area contributed by atoms with Crippen LogP contribution < -0.4 is 5.32 Å². The predicted octanol–water partition coefficient (Wildman–Crippen LogP) is 2.42. The van der Waals surface area contributed by atoms with Crippen molar-refractivity contribution in [2.24, 2.45) is 5.11 Å². The monoisotopic (exact) mass is 266 g/mol. The van der Waals surface area contributed by atoms with Crippen molar-refractivity contribution in [3.8, 4) is 0 Å². The Morgan fingerprint density at radius 1 is 1.63 bits per heavy atom. The van der Waals surface area contributed by atoms with E-state index in [1.807, 2.05) is 0 Å². The highest BCUT2D eigenvalue weighted by Gasteiger charge is 2.38. The molecule has 0 radical (unpaired) electrons. The van der Waals surface area contributed by atoms with Gasteiger partial charge in [0, 0.05) is 18.0 Å². The van der Waals surface area contributed by atoms with Gasteiger partial charge in [-0.05, 0) is 29.6 Å². The summed E-state index contributed by atoms with van der Waals surface area (Å²) in [5.41, 5.74) is 7.13. The van der Waals surface area contributed by atoms with Crippen LogP contribution in [0.1, 0.15) is 18.9 Å².